The van der Waals surface area contributed by atoms with Crippen LogP contribution in [-0.2, 0) is 9.59 Å². The average molecular weight is 467 g/mol. The van der Waals surface area contributed by atoms with Crippen LogP contribution < -0.4 is 9.47 Å². The van der Waals surface area contributed by atoms with Crippen LogP contribution in [-0.4, -0.2) is 71.5 Å². The predicted octanol–water partition coefficient (Wildman–Crippen LogP) is 3.31. The third-order valence-corrected chi connectivity index (χ3v) is 6.33. The van der Waals surface area contributed by atoms with Crippen molar-refractivity contribution in [3.63, 3.8) is 0 Å². The van der Waals surface area contributed by atoms with Crippen LogP contribution in [0.3, 0.4) is 0 Å². The fourth-order valence-corrected chi connectivity index (χ4v) is 4.56. The summed E-state index contributed by atoms with van der Waals surface area (Å²) in [6, 6.07) is 5.48. The lowest BCUT2D eigenvalue weighted by Crippen LogP contribution is -2.33. The largest absolute Gasteiger partial charge is 0.493 e. The van der Waals surface area contributed by atoms with Gasteiger partial charge in [-0.1, -0.05) is 36.5 Å². The van der Waals surface area contributed by atoms with Crippen molar-refractivity contribution in [2.45, 2.75) is 32.6 Å². The monoisotopic (exact) mass is 466 g/mol. The molecule has 170 valence electrons. The number of thioether (sulfide) groups is 1. The van der Waals surface area contributed by atoms with Gasteiger partial charge in [-0.2, -0.15) is 0 Å². The van der Waals surface area contributed by atoms with E-state index < -0.39 is 0 Å². The number of carbonyl (C=O) groups excluding carboxylic acids is 2. The minimum absolute atomic E-state index is 0.0229. The molecule has 0 aliphatic carbocycles. The number of hydrogen-bond donors (Lipinski definition) is 1. The fraction of sp³-hybridized carbons (Fsp3) is 0.500. The van der Waals surface area contributed by atoms with Crippen LogP contribution in [0, 0.1) is 0 Å². The summed E-state index contributed by atoms with van der Waals surface area (Å²) in [5, 5.41) is 9.00. The van der Waals surface area contributed by atoms with Crippen molar-refractivity contribution in [1.29, 1.82) is 0 Å². The van der Waals surface area contributed by atoms with E-state index in [9.17, 15) is 9.59 Å². The lowest BCUT2D eigenvalue weighted by Gasteiger charge is -2.19. The van der Waals surface area contributed by atoms with E-state index >= 15 is 0 Å². The highest BCUT2D eigenvalue weighted by Gasteiger charge is 2.31. The number of methoxy groups -OCH3 is 2. The van der Waals surface area contributed by atoms with Crippen molar-refractivity contribution < 1.29 is 24.2 Å². The van der Waals surface area contributed by atoms with Crippen molar-refractivity contribution in [2.24, 2.45) is 0 Å². The second kappa shape index (κ2) is 12.7. The molecule has 2 rings (SSSR count). The van der Waals surface area contributed by atoms with Gasteiger partial charge in [-0.25, -0.2) is 0 Å². The Bertz CT molecular complexity index is 828. The van der Waals surface area contributed by atoms with Crippen molar-refractivity contribution in [3.8, 4) is 11.5 Å². The van der Waals surface area contributed by atoms with Gasteiger partial charge in [-0.3, -0.25) is 14.5 Å². The SMILES string of the molecule is CCN(CCO)C(=O)CCCCCN1C(=O)C(=Cc2ccc(OC)c(OC)c2)SC1=S. The maximum absolute atomic E-state index is 12.8. The van der Waals surface area contributed by atoms with Crippen LogP contribution >= 0.6 is 24.0 Å². The number of hydrogen-bond acceptors (Lipinski definition) is 7. The van der Waals surface area contributed by atoms with Gasteiger partial charge in [0, 0.05) is 26.1 Å². The Hall–Kier alpha value is -2.10. The Kier molecular flexibility index (Phi) is 10.3. The zero-order valence-corrected chi connectivity index (χ0v) is 19.9. The number of carbonyl (C=O) groups is 2. The van der Waals surface area contributed by atoms with Crippen LogP contribution in [0.2, 0.25) is 0 Å². The van der Waals surface area contributed by atoms with Crippen LogP contribution in [0.15, 0.2) is 23.1 Å². The summed E-state index contributed by atoms with van der Waals surface area (Å²) in [5.41, 5.74) is 0.833. The maximum atomic E-state index is 12.8. The Labute approximate surface area is 193 Å². The van der Waals surface area contributed by atoms with E-state index in [1.54, 1.807) is 36.2 Å². The first-order chi connectivity index (χ1) is 14.9. The van der Waals surface area contributed by atoms with E-state index in [4.69, 9.17) is 26.8 Å². The van der Waals surface area contributed by atoms with Crippen LogP contribution in [0.25, 0.3) is 6.08 Å². The molecule has 1 aliphatic heterocycles. The minimum Gasteiger partial charge on any atom is -0.493 e. The van der Waals surface area contributed by atoms with Crippen molar-refractivity contribution in [2.75, 3.05) is 40.5 Å². The fourth-order valence-electron chi connectivity index (χ4n) is 3.25. The summed E-state index contributed by atoms with van der Waals surface area (Å²) >= 11 is 6.69. The normalized spacial score (nSPS) is 15.0. The van der Waals surface area contributed by atoms with Gasteiger partial charge < -0.3 is 19.5 Å². The second-order valence-electron chi connectivity index (χ2n) is 6.96. The molecule has 0 unspecified atom stereocenters. The van der Waals surface area contributed by atoms with Gasteiger partial charge >= 0.3 is 0 Å². The Balaban J connectivity index is 1.87. The van der Waals surface area contributed by atoms with Crippen molar-refractivity contribution >= 4 is 46.2 Å². The summed E-state index contributed by atoms with van der Waals surface area (Å²) in [7, 11) is 3.15. The van der Waals surface area contributed by atoms with Gasteiger partial charge in [0.05, 0.1) is 25.7 Å². The van der Waals surface area contributed by atoms with E-state index in [0.717, 1.165) is 24.8 Å². The molecule has 2 amide bonds. The molecule has 1 aromatic rings. The highest BCUT2D eigenvalue weighted by Crippen LogP contribution is 2.34. The second-order valence-corrected chi connectivity index (χ2v) is 8.63. The molecule has 9 heteroatoms. The van der Waals surface area contributed by atoms with Gasteiger partial charge in [0.15, 0.2) is 11.5 Å². The zero-order chi connectivity index (χ0) is 22.8. The highest BCUT2D eigenvalue weighted by atomic mass is 32.2. The van der Waals surface area contributed by atoms with E-state index in [2.05, 4.69) is 0 Å². The molecule has 0 spiro atoms. The number of amides is 2. The first-order valence-electron chi connectivity index (χ1n) is 10.3. The molecule has 1 aromatic carbocycles. The molecule has 1 fully saturated rings. The van der Waals surface area contributed by atoms with Gasteiger partial charge in [0.2, 0.25) is 5.91 Å². The molecule has 0 atom stereocenters. The van der Waals surface area contributed by atoms with Crippen molar-refractivity contribution in [1.82, 2.24) is 9.80 Å². The van der Waals surface area contributed by atoms with Crippen LogP contribution in [0.5, 0.6) is 11.5 Å². The molecule has 0 bridgehead atoms. The summed E-state index contributed by atoms with van der Waals surface area (Å²) in [6.07, 6.45) is 4.60. The molecule has 1 N–H and O–H groups in total. The van der Waals surface area contributed by atoms with Crippen LogP contribution in [0.4, 0.5) is 0 Å². The molecule has 1 saturated heterocycles. The maximum Gasteiger partial charge on any atom is 0.266 e. The Morgan fingerprint density at radius 2 is 1.97 bits per heavy atom. The quantitative estimate of drug-likeness (QED) is 0.288. The molecule has 7 nitrogen and oxygen atoms in total. The molecule has 1 aliphatic rings. The van der Waals surface area contributed by atoms with Crippen molar-refractivity contribution in [3.05, 3.63) is 28.7 Å². The van der Waals surface area contributed by atoms with Gasteiger partial charge in [0.25, 0.3) is 5.91 Å². The standard InChI is InChI=1S/C22H30N2O5S2/c1-4-23(12-13-25)20(26)8-6-5-7-11-24-21(27)19(31-22(24)30)15-16-9-10-17(28-2)18(14-16)29-3/h9-10,14-15,25H,4-8,11-13H2,1-3H3. The number of thiocarbonyl (C=S) groups is 1. The summed E-state index contributed by atoms with van der Waals surface area (Å²) in [5.74, 6) is 1.19. The molecule has 0 aromatic heterocycles. The number of ether oxygens (including phenoxy) is 2. The summed E-state index contributed by atoms with van der Waals surface area (Å²) < 4.78 is 11.1. The number of unbranched alkanes of at least 4 members (excludes halogenated alkanes) is 2. The van der Waals surface area contributed by atoms with E-state index in [1.165, 1.54) is 11.8 Å². The smallest absolute Gasteiger partial charge is 0.266 e. The molecular formula is C22H30N2O5S2. The van der Waals surface area contributed by atoms with Crippen LogP contribution in [0.1, 0.15) is 38.2 Å². The number of rotatable bonds is 12. The lowest BCUT2D eigenvalue weighted by atomic mass is 10.1. The summed E-state index contributed by atoms with van der Waals surface area (Å²) in [4.78, 5) is 28.7. The molecule has 0 radical (unpaired) electrons. The predicted molar refractivity (Wildman–Crippen MR) is 127 cm³/mol. The van der Waals surface area contributed by atoms with E-state index in [-0.39, 0.29) is 18.4 Å². The number of benzene rings is 1. The number of aliphatic hydroxyl groups is 1. The van der Waals surface area contributed by atoms with E-state index in [1.807, 2.05) is 19.1 Å². The van der Waals surface area contributed by atoms with E-state index in [0.29, 0.717) is 46.8 Å². The average Bonchev–Trinajstić information content (AvgIpc) is 3.03. The highest BCUT2D eigenvalue weighted by molar-refractivity contribution is 8.26. The topological polar surface area (TPSA) is 79.3 Å². The lowest BCUT2D eigenvalue weighted by molar-refractivity contribution is -0.131. The zero-order valence-electron chi connectivity index (χ0n) is 18.3. The summed E-state index contributed by atoms with van der Waals surface area (Å²) in [6.45, 7) is 3.39. The number of likely N-dealkylation sites (N-methyl/N-ethyl adjacent to an activating group) is 1. The minimum atomic E-state index is -0.0963. The Morgan fingerprint density at radius 3 is 2.61 bits per heavy atom. The third-order valence-electron chi connectivity index (χ3n) is 4.96. The first kappa shape index (κ1) is 25.2. The molecule has 0 saturated carbocycles. The Morgan fingerprint density at radius 1 is 1.23 bits per heavy atom. The molecule has 31 heavy (non-hydrogen) atoms. The molecule has 1 heterocycles. The molecular weight excluding hydrogens is 436 g/mol. The number of aliphatic hydroxyl groups excluding tert-OH is 1. The third kappa shape index (κ3) is 6.95. The van der Waals surface area contributed by atoms with Gasteiger partial charge in [-0.05, 0) is 43.5 Å². The van der Waals surface area contributed by atoms with Gasteiger partial charge in [0.1, 0.15) is 4.32 Å². The van der Waals surface area contributed by atoms with Gasteiger partial charge in [-0.15, -0.1) is 0 Å². The first-order valence-corrected chi connectivity index (χ1v) is 11.5. The number of nitrogens with zero attached hydrogens (tertiary/aromatic N) is 2.